The molecule has 0 aliphatic rings. The van der Waals surface area contributed by atoms with Gasteiger partial charge in [-0.3, -0.25) is 10.1 Å². The maximum Gasteiger partial charge on any atom is 0.305 e. The molecule has 1 unspecified atom stereocenters. The summed E-state index contributed by atoms with van der Waals surface area (Å²) in [5, 5.41) is 19.7. The van der Waals surface area contributed by atoms with Crippen LogP contribution in [0.25, 0.3) is 6.08 Å². The number of nitro groups is 1. The van der Waals surface area contributed by atoms with Crippen LogP contribution >= 0.6 is 0 Å². The largest absolute Gasteiger partial charge is 0.389 e. The number of nitrogens with zero attached hydrogens (tertiary/aromatic N) is 1. The Labute approximate surface area is 92.2 Å². The minimum Gasteiger partial charge on any atom is -0.389 e. The first kappa shape index (κ1) is 12.3. The van der Waals surface area contributed by atoms with Crippen molar-refractivity contribution in [3.63, 3.8) is 0 Å². The summed E-state index contributed by atoms with van der Waals surface area (Å²) in [5.74, 6) is -0.864. The lowest BCUT2D eigenvalue weighted by Crippen LogP contribution is -2.00. The maximum absolute atomic E-state index is 13.0. The maximum atomic E-state index is 13.0. The predicted molar refractivity (Wildman–Crippen MR) is 58.4 cm³/mol. The van der Waals surface area contributed by atoms with E-state index in [1.54, 1.807) is 19.9 Å². The summed E-state index contributed by atoms with van der Waals surface area (Å²) in [7, 11) is 0. The molecule has 0 radical (unpaired) electrons. The first-order valence-corrected chi connectivity index (χ1v) is 4.72. The zero-order chi connectivity index (χ0) is 12.3. The van der Waals surface area contributed by atoms with Crippen LogP contribution in [0.1, 0.15) is 19.4 Å². The zero-order valence-electron chi connectivity index (χ0n) is 8.98. The monoisotopic (exact) mass is 225 g/mol. The Hall–Kier alpha value is -1.75. The fourth-order valence-corrected chi connectivity index (χ4v) is 1.14. The topological polar surface area (TPSA) is 63.4 Å². The van der Waals surface area contributed by atoms with Crippen LogP contribution in [0, 0.1) is 15.9 Å². The van der Waals surface area contributed by atoms with Crippen LogP contribution in [0.2, 0.25) is 0 Å². The van der Waals surface area contributed by atoms with Gasteiger partial charge in [0, 0.05) is 6.07 Å². The Bertz CT molecular complexity index is 441. The summed E-state index contributed by atoms with van der Waals surface area (Å²) in [6.45, 7) is 3.28. The van der Waals surface area contributed by atoms with E-state index in [1.807, 2.05) is 0 Å². The molecule has 1 rings (SSSR count). The molecule has 0 aliphatic carbocycles. The van der Waals surface area contributed by atoms with E-state index in [1.165, 1.54) is 6.07 Å². The molecule has 0 aliphatic heterocycles. The van der Waals surface area contributed by atoms with E-state index >= 15 is 0 Å². The highest BCUT2D eigenvalue weighted by Gasteiger charge is 2.13. The van der Waals surface area contributed by atoms with Crippen LogP contribution in [0.15, 0.2) is 23.8 Å². The molecule has 0 saturated carbocycles. The Morgan fingerprint density at radius 1 is 1.62 bits per heavy atom. The van der Waals surface area contributed by atoms with Gasteiger partial charge in [-0.1, -0.05) is 12.1 Å². The molecule has 0 saturated heterocycles. The fraction of sp³-hybridized carbons (Fsp3) is 0.273. The van der Waals surface area contributed by atoms with Gasteiger partial charge in [0.25, 0.3) is 0 Å². The highest BCUT2D eigenvalue weighted by Crippen LogP contribution is 2.20. The number of benzene rings is 1. The minimum absolute atomic E-state index is 0.492. The van der Waals surface area contributed by atoms with E-state index in [0.717, 1.165) is 12.1 Å². The fourth-order valence-electron chi connectivity index (χ4n) is 1.14. The van der Waals surface area contributed by atoms with Gasteiger partial charge in [0.2, 0.25) is 5.82 Å². The van der Waals surface area contributed by atoms with Crippen molar-refractivity contribution < 1.29 is 14.4 Å². The van der Waals surface area contributed by atoms with Gasteiger partial charge in [-0.2, -0.15) is 4.39 Å². The van der Waals surface area contributed by atoms with Gasteiger partial charge in [-0.25, -0.2) is 0 Å². The van der Waals surface area contributed by atoms with Crippen molar-refractivity contribution in [3.8, 4) is 0 Å². The van der Waals surface area contributed by atoms with Gasteiger partial charge < -0.3 is 5.11 Å². The van der Waals surface area contributed by atoms with Crippen LogP contribution in [-0.4, -0.2) is 16.1 Å². The number of nitro benzene ring substituents is 1. The Morgan fingerprint density at radius 3 is 2.75 bits per heavy atom. The normalized spacial score (nSPS) is 13.6. The molecule has 16 heavy (non-hydrogen) atoms. The lowest BCUT2D eigenvalue weighted by atomic mass is 10.1. The molecular formula is C11H12FNO3. The van der Waals surface area contributed by atoms with Crippen molar-refractivity contribution in [1.29, 1.82) is 0 Å². The number of aliphatic hydroxyl groups excluding tert-OH is 1. The molecule has 0 spiro atoms. The van der Waals surface area contributed by atoms with Crippen molar-refractivity contribution in [3.05, 3.63) is 45.3 Å². The van der Waals surface area contributed by atoms with E-state index in [4.69, 9.17) is 0 Å². The smallest absolute Gasteiger partial charge is 0.305 e. The third-order valence-corrected chi connectivity index (χ3v) is 2.22. The van der Waals surface area contributed by atoms with Crippen molar-refractivity contribution in [2.45, 2.75) is 20.0 Å². The van der Waals surface area contributed by atoms with E-state index in [-0.39, 0.29) is 0 Å². The third-order valence-electron chi connectivity index (χ3n) is 2.22. The highest BCUT2D eigenvalue weighted by molar-refractivity contribution is 5.56. The van der Waals surface area contributed by atoms with Crippen LogP contribution in [0.5, 0.6) is 0 Å². The van der Waals surface area contributed by atoms with Crippen LogP contribution in [-0.2, 0) is 0 Å². The molecule has 1 N–H and O–H groups in total. The van der Waals surface area contributed by atoms with Gasteiger partial charge in [0.1, 0.15) is 0 Å². The SMILES string of the molecule is C/C(=C\c1ccc(F)c([N+](=O)[O-])c1)C(C)O. The summed E-state index contributed by atoms with van der Waals surface area (Å²) < 4.78 is 13.0. The highest BCUT2D eigenvalue weighted by atomic mass is 19.1. The summed E-state index contributed by atoms with van der Waals surface area (Å²) in [5.41, 5.74) is 0.583. The number of aliphatic hydroxyl groups is 1. The third kappa shape index (κ3) is 2.87. The molecule has 0 heterocycles. The minimum atomic E-state index is -0.864. The van der Waals surface area contributed by atoms with Gasteiger partial charge >= 0.3 is 5.69 Å². The van der Waals surface area contributed by atoms with Gasteiger partial charge in [0.15, 0.2) is 0 Å². The Balaban J connectivity index is 3.13. The number of hydrogen-bond donors (Lipinski definition) is 1. The predicted octanol–water partition coefficient (Wildman–Crippen LogP) is 2.52. The van der Waals surface area contributed by atoms with Gasteiger partial charge in [0.05, 0.1) is 11.0 Å². The molecule has 5 heteroatoms. The molecule has 1 aromatic rings. The summed E-state index contributed by atoms with van der Waals surface area (Å²) in [4.78, 5) is 9.72. The van der Waals surface area contributed by atoms with E-state index < -0.39 is 22.5 Å². The lowest BCUT2D eigenvalue weighted by Gasteiger charge is -2.04. The average Bonchev–Trinajstić information content (AvgIpc) is 2.20. The zero-order valence-corrected chi connectivity index (χ0v) is 8.98. The summed E-state index contributed by atoms with van der Waals surface area (Å²) in [6.07, 6.45) is 0.945. The van der Waals surface area contributed by atoms with Crippen molar-refractivity contribution >= 4 is 11.8 Å². The number of halogens is 1. The molecule has 0 aromatic heterocycles. The molecule has 0 amide bonds. The number of rotatable bonds is 3. The van der Waals surface area contributed by atoms with Crippen molar-refractivity contribution in [2.75, 3.05) is 0 Å². The second-order valence-corrected chi connectivity index (χ2v) is 3.53. The van der Waals surface area contributed by atoms with Crippen LogP contribution in [0.3, 0.4) is 0 Å². The van der Waals surface area contributed by atoms with E-state index in [9.17, 15) is 19.6 Å². The first-order chi connectivity index (χ1) is 7.41. The van der Waals surface area contributed by atoms with E-state index in [0.29, 0.717) is 11.1 Å². The van der Waals surface area contributed by atoms with Crippen LogP contribution in [0.4, 0.5) is 10.1 Å². The molecule has 0 bridgehead atoms. The Kier molecular flexibility index (Phi) is 3.73. The molecule has 4 nitrogen and oxygen atoms in total. The molecule has 86 valence electrons. The second-order valence-electron chi connectivity index (χ2n) is 3.53. The first-order valence-electron chi connectivity index (χ1n) is 4.72. The summed E-state index contributed by atoms with van der Waals surface area (Å²) >= 11 is 0. The molecule has 0 fully saturated rings. The number of hydrogen-bond acceptors (Lipinski definition) is 3. The van der Waals surface area contributed by atoms with Gasteiger partial charge in [-0.15, -0.1) is 0 Å². The van der Waals surface area contributed by atoms with Crippen molar-refractivity contribution in [2.24, 2.45) is 0 Å². The van der Waals surface area contributed by atoms with Crippen LogP contribution < -0.4 is 0 Å². The lowest BCUT2D eigenvalue weighted by molar-refractivity contribution is -0.387. The Morgan fingerprint density at radius 2 is 2.25 bits per heavy atom. The molecule has 1 aromatic carbocycles. The summed E-state index contributed by atoms with van der Waals surface area (Å²) in [6, 6.07) is 3.61. The molecule has 1 atom stereocenters. The standard InChI is InChI=1S/C11H12FNO3/c1-7(8(2)14)5-9-3-4-10(12)11(6-9)13(15)16/h3-6,8,14H,1-2H3/b7-5+. The van der Waals surface area contributed by atoms with E-state index in [2.05, 4.69) is 0 Å². The van der Waals surface area contributed by atoms with Crippen molar-refractivity contribution in [1.82, 2.24) is 0 Å². The molecular weight excluding hydrogens is 213 g/mol. The second kappa shape index (κ2) is 4.85. The van der Waals surface area contributed by atoms with Gasteiger partial charge in [-0.05, 0) is 31.1 Å². The quantitative estimate of drug-likeness (QED) is 0.635. The average molecular weight is 225 g/mol.